The number of hydrogen-bond donors (Lipinski definition) is 2. The molecule has 0 bridgehead atoms. The van der Waals surface area contributed by atoms with E-state index in [1.807, 2.05) is 44.1 Å². The van der Waals surface area contributed by atoms with Crippen molar-refractivity contribution in [1.82, 2.24) is 15.2 Å². The molecule has 0 aliphatic carbocycles. The molecule has 2 N–H and O–H groups in total. The van der Waals surface area contributed by atoms with Gasteiger partial charge in [0.1, 0.15) is 11.6 Å². The van der Waals surface area contributed by atoms with E-state index in [2.05, 4.69) is 15.6 Å². The number of hydrogen-bond acceptors (Lipinski definition) is 5. The van der Waals surface area contributed by atoms with Crippen molar-refractivity contribution in [1.29, 1.82) is 0 Å². The fraction of sp³-hybridized carbons (Fsp3) is 0.333. The van der Waals surface area contributed by atoms with E-state index in [9.17, 15) is 4.79 Å². The minimum absolute atomic E-state index is 0.121. The van der Waals surface area contributed by atoms with Gasteiger partial charge in [0.25, 0.3) is 5.91 Å². The molecular weight excluding hydrogens is 304 g/mol. The fourth-order valence-corrected chi connectivity index (χ4v) is 2.15. The summed E-state index contributed by atoms with van der Waals surface area (Å²) < 4.78 is 5.34. The lowest BCUT2D eigenvalue weighted by molar-refractivity contribution is 0.0950. The van der Waals surface area contributed by atoms with Gasteiger partial charge in [-0.15, -0.1) is 0 Å². The zero-order chi connectivity index (χ0) is 17.5. The smallest absolute Gasteiger partial charge is 0.252 e. The Bertz CT molecular complexity index is 684. The first-order valence-corrected chi connectivity index (χ1v) is 7.80. The SMILES string of the molecule is COc1ccc(C)cc1Nc1ccc(C(=O)NCCN(C)C)cn1. The van der Waals surface area contributed by atoms with E-state index in [-0.39, 0.29) is 5.91 Å². The highest BCUT2D eigenvalue weighted by Gasteiger charge is 2.08. The lowest BCUT2D eigenvalue weighted by Crippen LogP contribution is -2.31. The highest BCUT2D eigenvalue weighted by atomic mass is 16.5. The lowest BCUT2D eigenvalue weighted by atomic mass is 10.2. The zero-order valence-electron chi connectivity index (χ0n) is 14.6. The predicted molar refractivity (Wildman–Crippen MR) is 96.1 cm³/mol. The molecule has 0 radical (unpaired) electrons. The van der Waals surface area contributed by atoms with Crippen LogP contribution >= 0.6 is 0 Å². The molecule has 2 rings (SSSR count). The van der Waals surface area contributed by atoms with E-state index < -0.39 is 0 Å². The summed E-state index contributed by atoms with van der Waals surface area (Å²) >= 11 is 0. The van der Waals surface area contributed by atoms with Crippen LogP contribution in [0.1, 0.15) is 15.9 Å². The monoisotopic (exact) mass is 328 g/mol. The van der Waals surface area contributed by atoms with Crippen molar-refractivity contribution < 1.29 is 9.53 Å². The van der Waals surface area contributed by atoms with E-state index in [4.69, 9.17) is 4.74 Å². The Hall–Kier alpha value is -2.60. The van der Waals surface area contributed by atoms with Gasteiger partial charge < -0.3 is 20.3 Å². The fourth-order valence-electron chi connectivity index (χ4n) is 2.15. The van der Waals surface area contributed by atoms with E-state index in [0.29, 0.717) is 17.9 Å². The molecule has 0 saturated heterocycles. The molecule has 0 spiro atoms. The van der Waals surface area contributed by atoms with Gasteiger partial charge >= 0.3 is 0 Å². The number of carbonyl (C=O) groups excluding carboxylic acids is 1. The van der Waals surface area contributed by atoms with Gasteiger partial charge in [-0.2, -0.15) is 0 Å². The second-order valence-corrected chi connectivity index (χ2v) is 5.82. The van der Waals surface area contributed by atoms with Gasteiger partial charge in [0.2, 0.25) is 0 Å². The third-order valence-corrected chi connectivity index (χ3v) is 3.49. The maximum absolute atomic E-state index is 12.0. The number of methoxy groups -OCH3 is 1. The Morgan fingerprint density at radius 1 is 1.25 bits per heavy atom. The Morgan fingerprint density at radius 2 is 2.04 bits per heavy atom. The third-order valence-electron chi connectivity index (χ3n) is 3.49. The number of rotatable bonds is 7. The molecule has 6 nitrogen and oxygen atoms in total. The Labute approximate surface area is 142 Å². The number of aromatic nitrogens is 1. The normalized spacial score (nSPS) is 10.5. The first-order valence-electron chi connectivity index (χ1n) is 7.80. The van der Waals surface area contributed by atoms with Crippen molar-refractivity contribution in [3.63, 3.8) is 0 Å². The van der Waals surface area contributed by atoms with Crippen molar-refractivity contribution in [2.45, 2.75) is 6.92 Å². The summed E-state index contributed by atoms with van der Waals surface area (Å²) in [6.07, 6.45) is 1.57. The number of amides is 1. The number of carbonyl (C=O) groups is 1. The topological polar surface area (TPSA) is 66.5 Å². The van der Waals surface area contributed by atoms with Gasteiger partial charge in [-0.25, -0.2) is 4.98 Å². The molecule has 0 unspecified atom stereocenters. The van der Waals surface area contributed by atoms with Crippen LogP contribution in [0.25, 0.3) is 0 Å². The molecule has 2 aromatic rings. The van der Waals surface area contributed by atoms with Crippen LogP contribution in [0.5, 0.6) is 5.75 Å². The van der Waals surface area contributed by atoms with Crippen LogP contribution in [0.3, 0.4) is 0 Å². The molecule has 128 valence electrons. The van der Waals surface area contributed by atoms with Gasteiger partial charge in [0.15, 0.2) is 0 Å². The number of anilines is 2. The number of nitrogens with one attached hydrogen (secondary N) is 2. The summed E-state index contributed by atoms with van der Waals surface area (Å²) in [5.41, 5.74) is 2.50. The quantitative estimate of drug-likeness (QED) is 0.817. The highest BCUT2D eigenvalue weighted by Crippen LogP contribution is 2.27. The summed E-state index contributed by atoms with van der Waals surface area (Å²) in [4.78, 5) is 18.4. The maximum atomic E-state index is 12.0. The number of pyridine rings is 1. The zero-order valence-corrected chi connectivity index (χ0v) is 14.6. The van der Waals surface area contributed by atoms with E-state index >= 15 is 0 Å². The minimum Gasteiger partial charge on any atom is -0.495 e. The maximum Gasteiger partial charge on any atom is 0.252 e. The molecule has 0 atom stereocenters. The number of likely N-dealkylation sites (N-methyl/N-ethyl adjacent to an activating group) is 1. The largest absolute Gasteiger partial charge is 0.495 e. The first kappa shape index (κ1) is 17.7. The average molecular weight is 328 g/mol. The number of benzene rings is 1. The van der Waals surface area contributed by atoms with E-state index in [1.165, 1.54) is 0 Å². The van der Waals surface area contributed by atoms with Crippen molar-refractivity contribution in [3.8, 4) is 5.75 Å². The molecular formula is C18H24N4O2. The van der Waals surface area contributed by atoms with Crippen LogP contribution in [0.4, 0.5) is 11.5 Å². The van der Waals surface area contributed by atoms with Crippen molar-refractivity contribution in [2.24, 2.45) is 0 Å². The van der Waals surface area contributed by atoms with Crippen LogP contribution in [-0.4, -0.2) is 50.1 Å². The molecule has 0 fully saturated rings. The van der Waals surface area contributed by atoms with E-state index in [0.717, 1.165) is 23.5 Å². The molecule has 0 aliphatic rings. The molecule has 0 saturated carbocycles. The van der Waals surface area contributed by atoms with Gasteiger partial charge in [0.05, 0.1) is 18.4 Å². The minimum atomic E-state index is -0.121. The molecule has 1 amide bonds. The summed E-state index contributed by atoms with van der Waals surface area (Å²) in [5, 5.41) is 6.08. The Balaban J connectivity index is 2.02. The predicted octanol–water partition coefficient (Wildman–Crippen LogP) is 2.43. The Kier molecular flexibility index (Phi) is 6.14. The second-order valence-electron chi connectivity index (χ2n) is 5.82. The summed E-state index contributed by atoms with van der Waals surface area (Å²) in [5.74, 6) is 1.28. The lowest BCUT2D eigenvalue weighted by Gasteiger charge is -2.12. The second kappa shape index (κ2) is 8.31. The van der Waals surface area contributed by atoms with E-state index in [1.54, 1.807) is 25.4 Å². The van der Waals surface area contributed by atoms with Crippen molar-refractivity contribution >= 4 is 17.4 Å². The number of nitrogens with zero attached hydrogens (tertiary/aromatic N) is 2. The third kappa shape index (κ3) is 4.96. The van der Waals surface area contributed by atoms with Gasteiger partial charge in [-0.1, -0.05) is 6.07 Å². The molecule has 6 heteroatoms. The highest BCUT2D eigenvalue weighted by molar-refractivity contribution is 5.94. The molecule has 1 aromatic heterocycles. The average Bonchev–Trinajstić information content (AvgIpc) is 2.55. The standard InChI is InChI=1S/C18H24N4O2/c1-13-5-7-16(24-4)15(11-13)21-17-8-6-14(12-20-17)18(23)19-9-10-22(2)3/h5-8,11-12H,9-10H2,1-4H3,(H,19,23)(H,20,21). The first-order chi connectivity index (χ1) is 11.5. The molecule has 24 heavy (non-hydrogen) atoms. The molecule has 0 aliphatic heterocycles. The van der Waals surface area contributed by atoms with Crippen LogP contribution in [0.15, 0.2) is 36.5 Å². The van der Waals surface area contributed by atoms with Crippen molar-refractivity contribution in [3.05, 3.63) is 47.7 Å². The van der Waals surface area contributed by atoms with Crippen LogP contribution in [-0.2, 0) is 0 Å². The number of aryl methyl sites for hydroxylation is 1. The van der Waals surface area contributed by atoms with Gasteiger partial charge in [-0.3, -0.25) is 4.79 Å². The van der Waals surface area contributed by atoms with Crippen molar-refractivity contribution in [2.75, 3.05) is 39.6 Å². The van der Waals surface area contributed by atoms with Crippen LogP contribution < -0.4 is 15.4 Å². The van der Waals surface area contributed by atoms with Gasteiger partial charge in [0, 0.05) is 19.3 Å². The number of ether oxygens (including phenoxy) is 1. The molecule has 1 aromatic carbocycles. The van der Waals surface area contributed by atoms with Gasteiger partial charge in [-0.05, 0) is 50.8 Å². The summed E-state index contributed by atoms with van der Waals surface area (Å²) in [6, 6.07) is 9.41. The Morgan fingerprint density at radius 3 is 2.67 bits per heavy atom. The van der Waals surface area contributed by atoms with Crippen LogP contribution in [0, 0.1) is 6.92 Å². The van der Waals surface area contributed by atoms with Crippen LogP contribution in [0.2, 0.25) is 0 Å². The molecule has 1 heterocycles. The summed E-state index contributed by atoms with van der Waals surface area (Å²) in [6.45, 7) is 3.41. The summed E-state index contributed by atoms with van der Waals surface area (Å²) in [7, 11) is 5.56.